The van der Waals surface area contributed by atoms with Crippen LogP contribution in [-0.2, 0) is 9.84 Å². The summed E-state index contributed by atoms with van der Waals surface area (Å²) in [4.78, 5) is 21.8. The van der Waals surface area contributed by atoms with Crippen LogP contribution in [0.2, 0.25) is 0 Å². The Kier molecular flexibility index (Phi) is 6.74. The van der Waals surface area contributed by atoms with Gasteiger partial charge < -0.3 is 14.5 Å². The van der Waals surface area contributed by atoms with Crippen LogP contribution in [-0.4, -0.2) is 79.9 Å². The van der Waals surface area contributed by atoms with E-state index in [9.17, 15) is 13.2 Å². The van der Waals surface area contributed by atoms with E-state index in [0.29, 0.717) is 25.4 Å². The van der Waals surface area contributed by atoms with Gasteiger partial charge in [-0.2, -0.15) is 0 Å². The summed E-state index contributed by atoms with van der Waals surface area (Å²) in [5, 5.41) is 1.70. The van der Waals surface area contributed by atoms with Crippen LogP contribution in [0.15, 0.2) is 30.3 Å². The lowest BCUT2D eigenvalue weighted by atomic mass is 10.1. The van der Waals surface area contributed by atoms with E-state index in [4.69, 9.17) is 4.74 Å². The Morgan fingerprint density at radius 2 is 1.93 bits per heavy atom. The molecule has 3 rings (SSSR count). The highest BCUT2D eigenvalue weighted by Crippen LogP contribution is 2.26. The zero-order valence-corrected chi connectivity index (χ0v) is 18.1. The molecule has 1 aliphatic heterocycles. The third kappa shape index (κ3) is 4.87. The minimum absolute atomic E-state index is 0.0156. The number of pyridine rings is 1. The number of fused-ring (bicyclic) bond motifs is 1. The molecular formula is C21H29N3O4S. The van der Waals surface area contributed by atoms with E-state index < -0.39 is 9.84 Å². The maximum atomic E-state index is 13.4. The van der Waals surface area contributed by atoms with Gasteiger partial charge in [0, 0.05) is 24.5 Å². The largest absolute Gasteiger partial charge is 0.481 e. The molecule has 0 aliphatic carbocycles. The van der Waals surface area contributed by atoms with E-state index in [2.05, 4.69) is 23.7 Å². The molecule has 0 bridgehead atoms. The van der Waals surface area contributed by atoms with Crippen LogP contribution in [0.5, 0.6) is 5.88 Å². The number of amides is 1. The predicted octanol–water partition coefficient (Wildman–Crippen LogP) is 2.21. The van der Waals surface area contributed by atoms with E-state index >= 15 is 0 Å². The summed E-state index contributed by atoms with van der Waals surface area (Å²) in [5.74, 6) is 0.292. The molecule has 1 amide bonds. The molecule has 0 spiro atoms. The number of hydrogen-bond donors (Lipinski definition) is 0. The van der Waals surface area contributed by atoms with Crippen molar-refractivity contribution in [1.29, 1.82) is 0 Å². The molecule has 2 aromatic rings. The minimum Gasteiger partial charge on any atom is -0.481 e. The highest BCUT2D eigenvalue weighted by molar-refractivity contribution is 7.91. The second-order valence-electron chi connectivity index (χ2n) is 7.32. The van der Waals surface area contributed by atoms with Crippen molar-refractivity contribution in [3.05, 3.63) is 36.0 Å². The molecule has 1 aromatic carbocycles. The van der Waals surface area contributed by atoms with Gasteiger partial charge in [0.05, 0.1) is 18.6 Å². The van der Waals surface area contributed by atoms with Crippen molar-refractivity contribution in [2.24, 2.45) is 0 Å². The predicted molar refractivity (Wildman–Crippen MR) is 114 cm³/mol. The van der Waals surface area contributed by atoms with Gasteiger partial charge in [0.1, 0.15) is 5.69 Å². The first-order chi connectivity index (χ1) is 13.9. The van der Waals surface area contributed by atoms with Crippen LogP contribution >= 0.6 is 0 Å². The normalized spacial score (nSPS) is 18.3. The average Bonchev–Trinajstić information content (AvgIpc) is 3.09. The number of nitrogens with zero attached hydrogens (tertiary/aromatic N) is 3. The molecule has 0 radical (unpaired) electrons. The third-order valence-electron chi connectivity index (χ3n) is 5.58. The van der Waals surface area contributed by atoms with Gasteiger partial charge >= 0.3 is 0 Å². The SMILES string of the molecule is CCN(CC)CCN(C(=O)c1cc2ccccc2c(OC)n1)[C@@H]1CCS(=O)(=O)C1. The summed E-state index contributed by atoms with van der Waals surface area (Å²) >= 11 is 0. The number of sulfone groups is 1. The van der Waals surface area contributed by atoms with Crippen LogP contribution < -0.4 is 4.74 Å². The molecule has 158 valence electrons. The Labute approximate surface area is 172 Å². The third-order valence-corrected chi connectivity index (χ3v) is 7.33. The molecule has 0 saturated carbocycles. The molecule has 1 aliphatic rings. The number of aromatic nitrogens is 1. The van der Waals surface area contributed by atoms with Crippen molar-refractivity contribution >= 4 is 26.5 Å². The van der Waals surface area contributed by atoms with Crippen LogP contribution in [0.25, 0.3) is 10.8 Å². The van der Waals surface area contributed by atoms with Gasteiger partial charge in [0.2, 0.25) is 5.88 Å². The standard InChI is InChI=1S/C21H29N3O4S/c1-4-23(5-2)11-12-24(17-10-13-29(26,27)15-17)21(25)19-14-16-8-6-7-9-18(16)20(22-19)28-3/h6-9,14,17H,4-5,10-13,15H2,1-3H3/t17-/m1/s1. The van der Waals surface area contributed by atoms with Gasteiger partial charge in [-0.1, -0.05) is 32.0 Å². The molecule has 8 heteroatoms. The van der Waals surface area contributed by atoms with Gasteiger partial charge in [-0.05, 0) is 37.0 Å². The quantitative estimate of drug-likeness (QED) is 0.653. The van der Waals surface area contributed by atoms with Crippen molar-refractivity contribution in [3.63, 3.8) is 0 Å². The van der Waals surface area contributed by atoms with Gasteiger partial charge in [0.15, 0.2) is 9.84 Å². The number of likely N-dealkylation sites (N-methyl/N-ethyl adjacent to an activating group) is 1. The van der Waals surface area contributed by atoms with E-state index in [1.165, 1.54) is 7.11 Å². The maximum absolute atomic E-state index is 13.4. The number of benzene rings is 1. The van der Waals surface area contributed by atoms with Crippen molar-refractivity contribution in [1.82, 2.24) is 14.8 Å². The topological polar surface area (TPSA) is 79.8 Å². The first-order valence-electron chi connectivity index (χ1n) is 10.1. The molecular weight excluding hydrogens is 390 g/mol. The van der Waals surface area contributed by atoms with Crippen molar-refractivity contribution in [2.75, 3.05) is 44.8 Å². The lowest BCUT2D eigenvalue weighted by molar-refractivity contribution is 0.0667. The Morgan fingerprint density at radius 3 is 2.55 bits per heavy atom. The Hall–Kier alpha value is -2.19. The molecule has 1 aromatic heterocycles. The molecule has 29 heavy (non-hydrogen) atoms. The van der Waals surface area contributed by atoms with Crippen LogP contribution in [0, 0.1) is 0 Å². The summed E-state index contributed by atoms with van der Waals surface area (Å²) in [7, 11) is -1.57. The zero-order valence-electron chi connectivity index (χ0n) is 17.3. The smallest absolute Gasteiger partial charge is 0.272 e. The van der Waals surface area contributed by atoms with Crippen molar-refractivity contribution in [3.8, 4) is 5.88 Å². The van der Waals surface area contributed by atoms with Crippen molar-refractivity contribution in [2.45, 2.75) is 26.3 Å². The molecule has 7 nitrogen and oxygen atoms in total. The van der Waals surface area contributed by atoms with E-state index in [1.807, 2.05) is 24.3 Å². The summed E-state index contributed by atoms with van der Waals surface area (Å²) in [6.45, 7) is 7.07. The fourth-order valence-corrected chi connectivity index (χ4v) is 5.57. The van der Waals surface area contributed by atoms with Gasteiger partial charge in [-0.25, -0.2) is 13.4 Å². The van der Waals surface area contributed by atoms with E-state index in [0.717, 1.165) is 23.9 Å². The molecule has 2 heterocycles. The molecule has 0 N–H and O–H groups in total. The summed E-state index contributed by atoms with van der Waals surface area (Å²) in [6, 6.07) is 9.05. The van der Waals surface area contributed by atoms with Gasteiger partial charge in [-0.3, -0.25) is 4.79 Å². The fourth-order valence-electron chi connectivity index (χ4n) is 3.84. The minimum atomic E-state index is -3.11. The second kappa shape index (κ2) is 9.09. The van der Waals surface area contributed by atoms with Crippen molar-refractivity contribution < 1.29 is 17.9 Å². The lowest BCUT2D eigenvalue weighted by Crippen LogP contribution is -2.45. The first kappa shape index (κ1) is 21.5. The van der Waals surface area contributed by atoms with Crippen LogP contribution in [0.1, 0.15) is 30.8 Å². The highest BCUT2D eigenvalue weighted by Gasteiger charge is 2.35. The molecule has 1 atom stereocenters. The number of hydrogen-bond acceptors (Lipinski definition) is 6. The average molecular weight is 420 g/mol. The Balaban J connectivity index is 1.94. The second-order valence-corrected chi connectivity index (χ2v) is 9.55. The lowest BCUT2D eigenvalue weighted by Gasteiger charge is -2.30. The Morgan fingerprint density at radius 1 is 1.21 bits per heavy atom. The first-order valence-corrected chi connectivity index (χ1v) is 11.9. The van der Waals surface area contributed by atoms with E-state index in [1.54, 1.807) is 11.0 Å². The number of rotatable bonds is 8. The number of carbonyl (C=O) groups excluding carboxylic acids is 1. The van der Waals surface area contributed by atoms with Gasteiger partial charge in [0.25, 0.3) is 5.91 Å². The summed E-state index contributed by atoms with van der Waals surface area (Å²) in [6.07, 6.45) is 0.469. The number of ether oxygens (including phenoxy) is 1. The zero-order chi connectivity index (χ0) is 21.0. The summed E-state index contributed by atoms with van der Waals surface area (Å²) < 4.78 is 29.5. The highest BCUT2D eigenvalue weighted by atomic mass is 32.2. The van der Waals surface area contributed by atoms with E-state index in [-0.39, 0.29) is 29.1 Å². The molecule has 1 saturated heterocycles. The summed E-state index contributed by atoms with van der Waals surface area (Å²) in [5.41, 5.74) is 0.282. The molecule has 1 fully saturated rings. The Bertz CT molecular complexity index is 973. The number of methoxy groups -OCH3 is 1. The monoisotopic (exact) mass is 419 g/mol. The van der Waals surface area contributed by atoms with Crippen LogP contribution in [0.3, 0.4) is 0 Å². The molecule has 0 unspecified atom stereocenters. The van der Waals surface area contributed by atoms with Crippen LogP contribution in [0.4, 0.5) is 0 Å². The maximum Gasteiger partial charge on any atom is 0.272 e. The fraction of sp³-hybridized carbons (Fsp3) is 0.524. The van der Waals surface area contributed by atoms with Gasteiger partial charge in [-0.15, -0.1) is 0 Å². The number of carbonyl (C=O) groups is 1.